The van der Waals surface area contributed by atoms with Crippen LogP contribution < -0.4 is 9.47 Å². The first kappa shape index (κ1) is 19.5. The minimum atomic E-state index is -3.14. The number of ether oxygens (including phenoxy) is 2. The van der Waals surface area contributed by atoms with E-state index < -0.39 is 23.0 Å². The number of hydrogen-bond acceptors (Lipinski definition) is 5. The summed E-state index contributed by atoms with van der Waals surface area (Å²) in [5.41, 5.74) is 0.950. The maximum absolute atomic E-state index is 12.5. The van der Waals surface area contributed by atoms with Crippen LogP contribution in [0, 0.1) is 10.1 Å². The van der Waals surface area contributed by atoms with Gasteiger partial charge in [0.1, 0.15) is 0 Å². The maximum Gasteiger partial charge on any atom is 0.387 e. The zero-order chi connectivity index (χ0) is 20.3. The van der Waals surface area contributed by atoms with Crippen molar-refractivity contribution >= 4 is 40.3 Å². The fourth-order valence-electron chi connectivity index (χ4n) is 2.58. The van der Waals surface area contributed by atoms with Crippen LogP contribution in [0.4, 0.5) is 14.5 Å². The van der Waals surface area contributed by atoms with Gasteiger partial charge in [-0.05, 0) is 36.4 Å². The summed E-state index contributed by atoms with van der Waals surface area (Å²) in [7, 11) is 1.25. The van der Waals surface area contributed by atoms with E-state index in [0.717, 1.165) is 11.5 Å². The highest BCUT2D eigenvalue weighted by Gasteiger charge is 2.20. The van der Waals surface area contributed by atoms with E-state index in [1.807, 2.05) is 12.1 Å². The zero-order valence-corrected chi connectivity index (χ0v) is 15.2. The van der Waals surface area contributed by atoms with Crippen LogP contribution in [0.2, 0.25) is 5.02 Å². The second-order valence-electron chi connectivity index (χ2n) is 5.60. The van der Waals surface area contributed by atoms with Gasteiger partial charge in [0.25, 0.3) is 5.69 Å². The third-order valence-corrected chi connectivity index (χ3v) is 4.07. The lowest BCUT2D eigenvalue weighted by Gasteiger charge is -2.10. The van der Waals surface area contributed by atoms with Gasteiger partial charge in [-0.15, -0.1) is 0 Å². The molecule has 0 aliphatic heterocycles. The van der Waals surface area contributed by atoms with Gasteiger partial charge in [0.15, 0.2) is 11.5 Å². The van der Waals surface area contributed by atoms with Crippen molar-refractivity contribution < 1.29 is 23.2 Å². The summed E-state index contributed by atoms with van der Waals surface area (Å²) >= 11 is 5.97. The number of methoxy groups -OCH3 is 1. The Labute approximate surface area is 163 Å². The molecule has 3 aromatic rings. The predicted molar refractivity (Wildman–Crippen MR) is 102 cm³/mol. The first-order valence-corrected chi connectivity index (χ1v) is 8.31. The minimum absolute atomic E-state index is 0.0520. The Kier molecular flexibility index (Phi) is 5.70. The molecule has 28 heavy (non-hydrogen) atoms. The van der Waals surface area contributed by atoms with Gasteiger partial charge < -0.3 is 9.47 Å². The van der Waals surface area contributed by atoms with Crippen molar-refractivity contribution in [2.45, 2.75) is 6.61 Å². The van der Waals surface area contributed by atoms with Crippen molar-refractivity contribution in [3.8, 4) is 11.5 Å². The molecule has 0 atom stereocenters. The minimum Gasteiger partial charge on any atom is -0.493 e. The number of hydrogen-bond donors (Lipinski definition) is 0. The number of alkyl halides is 2. The number of fused-ring (bicyclic) bond motifs is 1. The van der Waals surface area contributed by atoms with E-state index in [2.05, 4.69) is 9.72 Å². The van der Waals surface area contributed by atoms with Crippen molar-refractivity contribution in [1.29, 1.82) is 0 Å². The number of nitro benzene ring substituents is 1. The predicted octanol–water partition coefficient (Wildman–Crippen LogP) is 5.58. The lowest BCUT2D eigenvalue weighted by Crippen LogP contribution is -2.05. The van der Waals surface area contributed by atoms with E-state index in [9.17, 15) is 18.9 Å². The standard InChI is InChI=1S/C19H13ClF2N2O4/c1-27-17-8-12(16(24(25)26)10-18(17)28-19(21)22)4-7-14-6-3-11-2-5-13(20)9-15(11)23-14/h2-10,19H,1H3/b7-4+. The third-order valence-electron chi connectivity index (χ3n) is 3.84. The van der Waals surface area contributed by atoms with E-state index >= 15 is 0 Å². The monoisotopic (exact) mass is 406 g/mol. The quantitative estimate of drug-likeness (QED) is 0.395. The summed E-state index contributed by atoms with van der Waals surface area (Å²) < 4.78 is 34.3. The molecule has 0 bridgehead atoms. The Hall–Kier alpha value is -3.26. The van der Waals surface area contributed by atoms with Gasteiger partial charge in [0, 0.05) is 10.4 Å². The average molecular weight is 407 g/mol. The van der Waals surface area contributed by atoms with Gasteiger partial charge in [-0.1, -0.05) is 23.7 Å². The highest BCUT2D eigenvalue weighted by Crippen LogP contribution is 2.36. The zero-order valence-electron chi connectivity index (χ0n) is 14.4. The van der Waals surface area contributed by atoms with Crippen LogP contribution in [0.5, 0.6) is 11.5 Å². The van der Waals surface area contributed by atoms with Crippen LogP contribution in [-0.2, 0) is 0 Å². The largest absolute Gasteiger partial charge is 0.493 e. The van der Waals surface area contributed by atoms with E-state index in [4.69, 9.17) is 16.3 Å². The lowest BCUT2D eigenvalue weighted by atomic mass is 10.1. The number of benzene rings is 2. The molecule has 0 N–H and O–H groups in total. The molecular weight excluding hydrogens is 394 g/mol. The number of aromatic nitrogens is 1. The summed E-state index contributed by atoms with van der Waals surface area (Å²) in [5, 5.41) is 12.8. The average Bonchev–Trinajstić information content (AvgIpc) is 2.65. The van der Waals surface area contributed by atoms with E-state index in [1.54, 1.807) is 24.3 Å². The van der Waals surface area contributed by atoms with Crippen LogP contribution in [0.25, 0.3) is 23.1 Å². The van der Waals surface area contributed by atoms with Gasteiger partial charge in [-0.2, -0.15) is 8.78 Å². The van der Waals surface area contributed by atoms with Gasteiger partial charge in [-0.3, -0.25) is 10.1 Å². The molecule has 144 valence electrons. The molecule has 0 fully saturated rings. The molecule has 6 nitrogen and oxygen atoms in total. The fraction of sp³-hybridized carbons (Fsp3) is 0.105. The molecule has 1 aromatic heterocycles. The van der Waals surface area contributed by atoms with Crippen molar-refractivity contribution in [2.75, 3.05) is 7.11 Å². The summed E-state index contributed by atoms with van der Waals surface area (Å²) in [6.45, 7) is -3.14. The Morgan fingerprint density at radius 1 is 1.14 bits per heavy atom. The molecular formula is C19H13ClF2N2O4. The van der Waals surface area contributed by atoms with Crippen LogP contribution in [0.3, 0.4) is 0 Å². The number of pyridine rings is 1. The van der Waals surface area contributed by atoms with Crippen molar-refractivity contribution in [2.24, 2.45) is 0 Å². The van der Waals surface area contributed by atoms with Gasteiger partial charge in [-0.25, -0.2) is 4.98 Å². The molecule has 0 radical (unpaired) electrons. The van der Waals surface area contributed by atoms with E-state index in [0.29, 0.717) is 16.2 Å². The second kappa shape index (κ2) is 8.18. The number of halogens is 3. The SMILES string of the molecule is COc1cc(/C=C/c2ccc3ccc(Cl)cc3n2)c([N+](=O)[O-])cc1OC(F)F. The smallest absolute Gasteiger partial charge is 0.387 e. The summed E-state index contributed by atoms with van der Waals surface area (Å²) in [6.07, 6.45) is 3.02. The van der Waals surface area contributed by atoms with Gasteiger partial charge in [0.05, 0.1) is 34.9 Å². The first-order valence-electron chi connectivity index (χ1n) is 7.93. The molecule has 0 saturated carbocycles. The first-order chi connectivity index (χ1) is 13.4. The summed E-state index contributed by atoms with van der Waals surface area (Å²) in [5.74, 6) is -0.469. The number of nitrogens with zero attached hydrogens (tertiary/aromatic N) is 2. The second-order valence-corrected chi connectivity index (χ2v) is 6.04. The van der Waals surface area contributed by atoms with E-state index in [-0.39, 0.29) is 11.3 Å². The molecule has 2 aromatic carbocycles. The van der Waals surface area contributed by atoms with Gasteiger partial charge in [0.2, 0.25) is 0 Å². The van der Waals surface area contributed by atoms with Gasteiger partial charge >= 0.3 is 6.61 Å². The summed E-state index contributed by atoms with van der Waals surface area (Å²) in [6, 6.07) is 11.0. The molecule has 0 amide bonds. The molecule has 0 spiro atoms. The number of rotatable bonds is 6. The molecule has 0 unspecified atom stereocenters. The molecule has 9 heteroatoms. The lowest BCUT2D eigenvalue weighted by molar-refractivity contribution is -0.385. The Balaban J connectivity index is 2.01. The Morgan fingerprint density at radius 2 is 1.89 bits per heavy atom. The highest BCUT2D eigenvalue weighted by atomic mass is 35.5. The van der Waals surface area contributed by atoms with Crippen molar-refractivity contribution in [3.63, 3.8) is 0 Å². The Morgan fingerprint density at radius 3 is 2.57 bits per heavy atom. The fourth-order valence-corrected chi connectivity index (χ4v) is 2.74. The normalized spacial score (nSPS) is 11.3. The molecule has 0 aliphatic rings. The van der Waals surface area contributed by atoms with Crippen molar-refractivity contribution in [1.82, 2.24) is 4.98 Å². The van der Waals surface area contributed by atoms with Crippen LogP contribution >= 0.6 is 11.6 Å². The Bertz CT molecular complexity index is 1070. The third kappa shape index (κ3) is 4.34. The van der Waals surface area contributed by atoms with E-state index in [1.165, 1.54) is 19.3 Å². The van der Waals surface area contributed by atoms with Crippen LogP contribution in [0.15, 0.2) is 42.5 Å². The molecule has 3 rings (SSSR count). The molecule has 1 heterocycles. The topological polar surface area (TPSA) is 74.5 Å². The highest BCUT2D eigenvalue weighted by molar-refractivity contribution is 6.31. The molecule has 0 saturated heterocycles. The molecule has 0 aliphatic carbocycles. The maximum atomic E-state index is 12.5. The summed E-state index contributed by atoms with van der Waals surface area (Å²) in [4.78, 5) is 15.1. The number of nitro groups is 1. The van der Waals surface area contributed by atoms with Crippen LogP contribution in [-0.4, -0.2) is 23.6 Å². The van der Waals surface area contributed by atoms with Crippen LogP contribution in [0.1, 0.15) is 11.3 Å². The van der Waals surface area contributed by atoms with Crippen molar-refractivity contribution in [3.05, 3.63) is 68.9 Å².